The SMILES string of the molecule is COCc1cc(Nc2ccc3nc(C(C)(C)C)sc3c2)n2ncnc2n1. The van der Waals surface area contributed by atoms with Gasteiger partial charge in [0.2, 0.25) is 0 Å². The van der Waals surface area contributed by atoms with E-state index in [1.807, 2.05) is 18.2 Å². The summed E-state index contributed by atoms with van der Waals surface area (Å²) in [6.45, 7) is 6.96. The molecule has 3 aromatic heterocycles. The summed E-state index contributed by atoms with van der Waals surface area (Å²) in [5, 5.41) is 8.79. The fourth-order valence-electron chi connectivity index (χ4n) is 2.64. The van der Waals surface area contributed by atoms with Crippen LogP contribution in [0.25, 0.3) is 16.0 Å². The number of methoxy groups -OCH3 is 1. The van der Waals surface area contributed by atoms with E-state index in [0.29, 0.717) is 12.4 Å². The van der Waals surface area contributed by atoms with Crippen LogP contribution in [0.4, 0.5) is 11.5 Å². The number of nitrogens with zero attached hydrogens (tertiary/aromatic N) is 5. The highest BCUT2D eigenvalue weighted by molar-refractivity contribution is 7.18. The number of anilines is 2. The van der Waals surface area contributed by atoms with Crippen molar-refractivity contribution < 1.29 is 4.74 Å². The van der Waals surface area contributed by atoms with Crippen molar-refractivity contribution in [2.45, 2.75) is 32.8 Å². The van der Waals surface area contributed by atoms with E-state index in [1.54, 1.807) is 23.0 Å². The Kier molecular flexibility index (Phi) is 4.08. The Hall–Kier alpha value is -2.58. The zero-order valence-corrected chi connectivity index (χ0v) is 16.0. The Balaban J connectivity index is 1.72. The normalized spacial score (nSPS) is 12.2. The van der Waals surface area contributed by atoms with Crippen molar-refractivity contribution in [1.82, 2.24) is 24.6 Å². The summed E-state index contributed by atoms with van der Waals surface area (Å²) in [7, 11) is 1.65. The Morgan fingerprint density at radius 2 is 2.04 bits per heavy atom. The molecular formula is C18H20N6OS. The largest absolute Gasteiger partial charge is 0.378 e. The van der Waals surface area contributed by atoms with Gasteiger partial charge in [-0.2, -0.15) is 14.6 Å². The minimum atomic E-state index is 0.0460. The average Bonchev–Trinajstić information content (AvgIpc) is 3.20. The molecule has 0 radical (unpaired) electrons. The highest BCUT2D eigenvalue weighted by Gasteiger charge is 2.19. The number of nitrogens with one attached hydrogen (secondary N) is 1. The predicted molar refractivity (Wildman–Crippen MR) is 103 cm³/mol. The molecule has 1 aromatic carbocycles. The Morgan fingerprint density at radius 3 is 2.81 bits per heavy atom. The minimum absolute atomic E-state index is 0.0460. The smallest absolute Gasteiger partial charge is 0.254 e. The van der Waals surface area contributed by atoms with E-state index in [-0.39, 0.29) is 5.41 Å². The maximum Gasteiger partial charge on any atom is 0.254 e. The first-order valence-corrected chi connectivity index (χ1v) is 9.12. The number of hydrogen-bond acceptors (Lipinski definition) is 7. The highest BCUT2D eigenvalue weighted by atomic mass is 32.1. The molecule has 0 saturated carbocycles. The Labute approximate surface area is 155 Å². The van der Waals surface area contributed by atoms with Gasteiger partial charge in [0.1, 0.15) is 12.1 Å². The summed E-state index contributed by atoms with van der Waals surface area (Å²) in [6.07, 6.45) is 1.49. The van der Waals surface area contributed by atoms with E-state index in [9.17, 15) is 0 Å². The summed E-state index contributed by atoms with van der Waals surface area (Å²) in [5.74, 6) is 1.33. The summed E-state index contributed by atoms with van der Waals surface area (Å²) in [6, 6.07) is 8.09. The molecule has 0 spiro atoms. The third-order valence-electron chi connectivity index (χ3n) is 3.90. The lowest BCUT2D eigenvalue weighted by atomic mass is 9.98. The van der Waals surface area contributed by atoms with Gasteiger partial charge in [0, 0.05) is 24.3 Å². The number of aromatic nitrogens is 5. The van der Waals surface area contributed by atoms with Crippen molar-refractivity contribution in [2.75, 3.05) is 12.4 Å². The summed E-state index contributed by atoms with van der Waals surface area (Å²) < 4.78 is 8.03. The van der Waals surface area contributed by atoms with Crippen LogP contribution in [-0.4, -0.2) is 31.7 Å². The molecule has 0 aliphatic carbocycles. The number of rotatable bonds is 4. The van der Waals surface area contributed by atoms with Crippen molar-refractivity contribution in [3.8, 4) is 0 Å². The molecule has 8 heteroatoms. The van der Waals surface area contributed by atoms with Crippen molar-refractivity contribution >= 4 is 38.8 Å². The third-order valence-corrected chi connectivity index (χ3v) is 5.34. The van der Waals surface area contributed by atoms with Gasteiger partial charge in [-0.3, -0.25) is 0 Å². The van der Waals surface area contributed by atoms with Crippen molar-refractivity contribution in [2.24, 2.45) is 0 Å². The van der Waals surface area contributed by atoms with Gasteiger partial charge < -0.3 is 10.1 Å². The molecule has 0 aliphatic heterocycles. The fraction of sp³-hybridized carbons (Fsp3) is 0.333. The van der Waals surface area contributed by atoms with Gasteiger partial charge in [0.25, 0.3) is 5.78 Å². The van der Waals surface area contributed by atoms with Crippen LogP contribution in [0.15, 0.2) is 30.6 Å². The monoisotopic (exact) mass is 368 g/mol. The molecule has 3 heterocycles. The molecule has 7 nitrogen and oxygen atoms in total. The van der Waals surface area contributed by atoms with Gasteiger partial charge in [0.05, 0.1) is 27.5 Å². The predicted octanol–water partition coefficient (Wildman–Crippen LogP) is 3.92. The summed E-state index contributed by atoms with van der Waals surface area (Å²) in [4.78, 5) is 13.4. The van der Waals surface area contributed by atoms with Gasteiger partial charge in [-0.05, 0) is 18.2 Å². The molecule has 0 unspecified atom stereocenters. The summed E-state index contributed by atoms with van der Waals surface area (Å²) in [5.41, 5.74) is 2.83. The number of benzene rings is 1. The van der Waals surface area contributed by atoms with E-state index in [1.165, 1.54) is 6.33 Å². The average molecular weight is 368 g/mol. The van der Waals surface area contributed by atoms with E-state index in [4.69, 9.17) is 9.72 Å². The van der Waals surface area contributed by atoms with E-state index < -0.39 is 0 Å². The Morgan fingerprint density at radius 1 is 1.19 bits per heavy atom. The van der Waals surface area contributed by atoms with Crippen LogP contribution in [0.5, 0.6) is 0 Å². The zero-order valence-electron chi connectivity index (χ0n) is 15.1. The second-order valence-electron chi connectivity index (χ2n) is 7.11. The number of hydrogen-bond donors (Lipinski definition) is 1. The second kappa shape index (κ2) is 6.30. The molecule has 26 heavy (non-hydrogen) atoms. The van der Waals surface area contributed by atoms with Gasteiger partial charge in [-0.25, -0.2) is 9.97 Å². The lowest BCUT2D eigenvalue weighted by Gasteiger charge is -2.13. The molecule has 0 aliphatic rings. The van der Waals surface area contributed by atoms with Crippen LogP contribution in [0.1, 0.15) is 31.5 Å². The molecule has 0 amide bonds. The molecule has 134 valence electrons. The van der Waals surface area contributed by atoms with Crippen LogP contribution in [0.2, 0.25) is 0 Å². The molecule has 0 atom stereocenters. The quantitative estimate of drug-likeness (QED) is 0.588. The third kappa shape index (κ3) is 3.13. The second-order valence-corrected chi connectivity index (χ2v) is 8.14. The zero-order chi connectivity index (χ0) is 18.3. The molecule has 4 rings (SSSR count). The lowest BCUT2D eigenvalue weighted by Crippen LogP contribution is -2.09. The molecule has 0 bridgehead atoms. The van der Waals surface area contributed by atoms with Gasteiger partial charge in [-0.1, -0.05) is 20.8 Å². The standard InChI is InChI=1S/C18H20N6OS/c1-18(2,3)16-23-13-6-5-11(7-14(13)26-16)21-15-8-12(9-25-4)22-17-19-10-20-24(15)17/h5-8,10,21H,9H2,1-4H3. The Bertz CT molecular complexity index is 1080. The first-order chi connectivity index (χ1) is 12.4. The van der Waals surface area contributed by atoms with Gasteiger partial charge in [0.15, 0.2) is 0 Å². The maximum atomic E-state index is 5.20. The first-order valence-electron chi connectivity index (χ1n) is 8.31. The number of ether oxygens (including phenoxy) is 1. The molecule has 0 saturated heterocycles. The number of thiazole rings is 1. The van der Waals surface area contributed by atoms with Crippen LogP contribution in [0.3, 0.4) is 0 Å². The molecular weight excluding hydrogens is 348 g/mol. The molecule has 4 aromatic rings. The van der Waals surface area contributed by atoms with Gasteiger partial charge >= 0.3 is 0 Å². The van der Waals surface area contributed by atoms with Crippen LogP contribution < -0.4 is 5.32 Å². The highest BCUT2D eigenvalue weighted by Crippen LogP contribution is 2.33. The molecule has 1 N–H and O–H groups in total. The minimum Gasteiger partial charge on any atom is -0.378 e. The van der Waals surface area contributed by atoms with Crippen molar-refractivity contribution in [3.63, 3.8) is 0 Å². The maximum absolute atomic E-state index is 5.20. The summed E-state index contributed by atoms with van der Waals surface area (Å²) >= 11 is 1.73. The van der Waals surface area contributed by atoms with Crippen LogP contribution >= 0.6 is 11.3 Å². The van der Waals surface area contributed by atoms with E-state index in [0.717, 1.165) is 32.4 Å². The van der Waals surface area contributed by atoms with Crippen molar-refractivity contribution in [1.29, 1.82) is 0 Å². The molecule has 0 fully saturated rings. The van der Waals surface area contributed by atoms with E-state index >= 15 is 0 Å². The number of fused-ring (bicyclic) bond motifs is 2. The lowest BCUT2D eigenvalue weighted by molar-refractivity contribution is 0.181. The van der Waals surface area contributed by atoms with Crippen molar-refractivity contribution in [3.05, 3.63) is 41.3 Å². The van der Waals surface area contributed by atoms with Crippen LogP contribution in [-0.2, 0) is 16.8 Å². The topological polar surface area (TPSA) is 77.2 Å². The first kappa shape index (κ1) is 16.9. The van der Waals surface area contributed by atoms with E-state index in [2.05, 4.69) is 47.2 Å². The van der Waals surface area contributed by atoms with Gasteiger partial charge in [-0.15, -0.1) is 11.3 Å². The van der Waals surface area contributed by atoms with Crippen LogP contribution in [0, 0.1) is 0 Å². The fourth-order valence-corrected chi connectivity index (χ4v) is 3.71.